The molecular weight excluding hydrogens is 317 g/mol. The number of anilines is 2. The van der Waals surface area contributed by atoms with E-state index in [0.717, 1.165) is 13.0 Å². The Kier molecular flexibility index (Phi) is 3.31. The third-order valence-corrected chi connectivity index (χ3v) is 4.75. The van der Waals surface area contributed by atoms with Crippen LogP contribution in [0.1, 0.15) is 12.0 Å². The summed E-state index contributed by atoms with van der Waals surface area (Å²) < 4.78 is 14.0. The lowest BCUT2D eigenvalue weighted by molar-refractivity contribution is 0.583. The number of rotatable bonds is 2. The lowest BCUT2D eigenvalue weighted by Gasteiger charge is -2.35. The van der Waals surface area contributed by atoms with Crippen LogP contribution in [0.4, 0.5) is 16.0 Å². The average Bonchev–Trinajstić information content (AvgIpc) is 3.15. The summed E-state index contributed by atoms with van der Waals surface area (Å²) in [7, 11) is 0. The van der Waals surface area contributed by atoms with E-state index in [2.05, 4.69) is 14.9 Å². The van der Waals surface area contributed by atoms with Gasteiger partial charge in [-0.1, -0.05) is 11.6 Å². The van der Waals surface area contributed by atoms with E-state index in [0.29, 0.717) is 28.8 Å². The van der Waals surface area contributed by atoms with Gasteiger partial charge < -0.3 is 9.80 Å². The third-order valence-electron chi connectivity index (χ3n) is 4.47. The number of nitriles is 1. The average molecular weight is 330 g/mol. The number of hydrogen-bond donors (Lipinski definition) is 0. The lowest BCUT2D eigenvalue weighted by atomic mass is 10.2. The normalized spacial score (nSPS) is 22.5. The van der Waals surface area contributed by atoms with E-state index in [1.54, 1.807) is 18.3 Å². The minimum absolute atomic E-state index is 0.193. The topological polar surface area (TPSA) is 56.1 Å². The molecule has 2 aliphatic rings. The molecule has 2 aliphatic heterocycles. The number of hydrogen-bond acceptors (Lipinski definition) is 5. The van der Waals surface area contributed by atoms with Gasteiger partial charge >= 0.3 is 0 Å². The highest BCUT2D eigenvalue weighted by Crippen LogP contribution is 2.38. The molecular formula is C16H13ClFN5. The van der Waals surface area contributed by atoms with Gasteiger partial charge in [-0.05, 0) is 24.6 Å². The van der Waals surface area contributed by atoms with Gasteiger partial charge in [0.15, 0.2) is 11.6 Å². The number of aromatic nitrogens is 2. The summed E-state index contributed by atoms with van der Waals surface area (Å²) in [6, 6.07) is 7.11. The molecule has 2 unspecified atom stereocenters. The van der Waals surface area contributed by atoms with Crippen molar-refractivity contribution in [1.82, 2.24) is 9.97 Å². The molecule has 0 saturated carbocycles. The molecule has 0 aromatic carbocycles. The highest BCUT2D eigenvalue weighted by atomic mass is 35.5. The molecule has 2 fully saturated rings. The zero-order valence-electron chi connectivity index (χ0n) is 12.2. The first kappa shape index (κ1) is 14.2. The number of fused-ring (bicyclic) bond motifs is 2. The first-order chi connectivity index (χ1) is 11.2. The molecule has 5 nitrogen and oxygen atoms in total. The van der Waals surface area contributed by atoms with E-state index in [1.165, 1.54) is 12.3 Å². The fourth-order valence-electron chi connectivity index (χ4n) is 3.48. The minimum Gasteiger partial charge on any atom is -0.348 e. The minimum atomic E-state index is -0.291. The predicted octanol–water partition coefficient (Wildman–Crippen LogP) is 2.61. The summed E-state index contributed by atoms with van der Waals surface area (Å²) in [6.45, 7) is 1.41. The molecule has 2 atom stereocenters. The van der Waals surface area contributed by atoms with Crippen LogP contribution in [0.25, 0.3) is 0 Å². The molecule has 2 bridgehead atoms. The molecule has 0 N–H and O–H groups in total. The molecule has 4 rings (SSSR count). The second-order valence-electron chi connectivity index (χ2n) is 5.80. The maximum Gasteiger partial charge on any atom is 0.165 e. The molecule has 23 heavy (non-hydrogen) atoms. The molecule has 2 aromatic rings. The van der Waals surface area contributed by atoms with Gasteiger partial charge in [-0.25, -0.2) is 14.4 Å². The highest BCUT2D eigenvalue weighted by Gasteiger charge is 2.45. The van der Waals surface area contributed by atoms with E-state index < -0.39 is 0 Å². The van der Waals surface area contributed by atoms with Crippen molar-refractivity contribution in [3.63, 3.8) is 0 Å². The van der Waals surface area contributed by atoms with Gasteiger partial charge in [-0.3, -0.25) is 0 Å². The summed E-state index contributed by atoms with van der Waals surface area (Å²) in [6.07, 6.45) is 4.07. The molecule has 7 heteroatoms. The molecule has 0 radical (unpaired) electrons. The monoisotopic (exact) mass is 329 g/mol. The molecule has 4 heterocycles. The zero-order valence-corrected chi connectivity index (χ0v) is 12.9. The molecule has 0 spiro atoms. The number of pyridine rings is 2. The summed E-state index contributed by atoms with van der Waals surface area (Å²) in [5.74, 6) is 0.818. The fraction of sp³-hybridized carbons (Fsp3) is 0.312. The van der Waals surface area contributed by atoms with Gasteiger partial charge in [0.05, 0.1) is 22.7 Å². The smallest absolute Gasteiger partial charge is 0.165 e. The van der Waals surface area contributed by atoms with Crippen LogP contribution in [0, 0.1) is 17.1 Å². The largest absolute Gasteiger partial charge is 0.348 e. The Hall–Kier alpha value is -2.39. The number of nitrogens with zero attached hydrogens (tertiary/aromatic N) is 5. The van der Waals surface area contributed by atoms with Gasteiger partial charge in [-0.15, -0.1) is 0 Å². The van der Waals surface area contributed by atoms with Crippen molar-refractivity contribution in [2.45, 2.75) is 18.5 Å². The maximum absolute atomic E-state index is 14.0. The van der Waals surface area contributed by atoms with Gasteiger partial charge in [0.25, 0.3) is 0 Å². The predicted molar refractivity (Wildman–Crippen MR) is 85.0 cm³/mol. The van der Waals surface area contributed by atoms with E-state index in [9.17, 15) is 4.39 Å². The summed E-state index contributed by atoms with van der Waals surface area (Å²) in [4.78, 5) is 12.7. The van der Waals surface area contributed by atoms with Crippen molar-refractivity contribution in [1.29, 1.82) is 5.26 Å². The van der Waals surface area contributed by atoms with E-state index in [-0.39, 0.29) is 17.9 Å². The first-order valence-corrected chi connectivity index (χ1v) is 7.74. The van der Waals surface area contributed by atoms with E-state index in [4.69, 9.17) is 16.9 Å². The van der Waals surface area contributed by atoms with Gasteiger partial charge in [0, 0.05) is 25.5 Å². The Balaban J connectivity index is 1.58. The first-order valence-electron chi connectivity index (χ1n) is 7.37. The Bertz CT molecular complexity index is 805. The van der Waals surface area contributed by atoms with Crippen molar-refractivity contribution in [2.75, 3.05) is 22.9 Å². The van der Waals surface area contributed by atoms with Gasteiger partial charge in [0.2, 0.25) is 0 Å². The molecule has 2 aromatic heterocycles. The van der Waals surface area contributed by atoms with Crippen LogP contribution in [-0.4, -0.2) is 35.1 Å². The van der Waals surface area contributed by atoms with Crippen LogP contribution in [-0.2, 0) is 0 Å². The van der Waals surface area contributed by atoms with Gasteiger partial charge in [0.1, 0.15) is 11.9 Å². The Morgan fingerprint density at radius 2 is 1.96 bits per heavy atom. The molecule has 0 aliphatic carbocycles. The van der Waals surface area contributed by atoms with E-state index >= 15 is 0 Å². The quantitative estimate of drug-likeness (QED) is 0.847. The fourth-order valence-corrected chi connectivity index (χ4v) is 3.75. The Labute approximate surface area is 137 Å². The Morgan fingerprint density at radius 3 is 2.57 bits per heavy atom. The van der Waals surface area contributed by atoms with E-state index in [1.807, 2.05) is 11.0 Å². The summed E-state index contributed by atoms with van der Waals surface area (Å²) in [5.41, 5.74) is 0.445. The standard InChI is InChI=1S/C16H13ClFN5/c17-13-4-10(6-19)7-21-15(13)22-8-12-5-11(22)9-23(12)16-14(18)2-1-3-20-16/h1-4,7,11-12H,5,8-9H2. The van der Waals surface area contributed by atoms with Crippen molar-refractivity contribution in [3.8, 4) is 6.07 Å². The number of piperazine rings is 1. The molecule has 0 amide bonds. The zero-order chi connectivity index (χ0) is 16.0. The number of halogens is 2. The van der Waals surface area contributed by atoms with Crippen molar-refractivity contribution < 1.29 is 4.39 Å². The summed E-state index contributed by atoms with van der Waals surface area (Å²) >= 11 is 6.26. The van der Waals surface area contributed by atoms with Crippen LogP contribution in [0.3, 0.4) is 0 Å². The second kappa shape index (κ2) is 5.36. The highest BCUT2D eigenvalue weighted by molar-refractivity contribution is 6.33. The third kappa shape index (κ3) is 2.28. The van der Waals surface area contributed by atoms with Crippen LogP contribution in [0.15, 0.2) is 30.6 Å². The van der Waals surface area contributed by atoms with Crippen LogP contribution >= 0.6 is 11.6 Å². The SMILES string of the molecule is N#Cc1cnc(N2CC3CC2CN3c2ncccc2F)c(Cl)c1. The van der Waals surface area contributed by atoms with Crippen molar-refractivity contribution >= 4 is 23.2 Å². The second-order valence-corrected chi connectivity index (χ2v) is 6.21. The molecule has 2 saturated heterocycles. The van der Waals surface area contributed by atoms with Crippen molar-refractivity contribution in [2.24, 2.45) is 0 Å². The van der Waals surface area contributed by atoms with Crippen molar-refractivity contribution in [3.05, 3.63) is 47.0 Å². The summed E-state index contributed by atoms with van der Waals surface area (Å²) in [5, 5.41) is 9.38. The Morgan fingerprint density at radius 1 is 1.22 bits per heavy atom. The van der Waals surface area contributed by atoms with Crippen LogP contribution < -0.4 is 9.80 Å². The van der Waals surface area contributed by atoms with Crippen LogP contribution in [0.2, 0.25) is 5.02 Å². The van der Waals surface area contributed by atoms with Gasteiger partial charge in [-0.2, -0.15) is 5.26 Å². The van der Waals surface area contributed by atoms with Crippen LogP contribution in [0.5, 0.6) is 0 Å². The molecule has 116 valence electrons. The maximum atomic E-state index is 14.0. The lowest BCUT2D eigenvalue weighted by Crippen LogP contribution is -2.47.